The van der Waals surface area contributed by atoms with Crippen molar-refractivity contribution >= 4 is 0 Å². The lowest BCUT2D eigenvalue weighted by Crippen LogP contribution is -2.54. The van der Waals surface area contributed by atoms with Crippen LogP contribution in [0.2, 0.25) is 0 Å². The highest BCUT2D eigenvalue weighted by Crippen LogP contribution is 2.56. The van der Waals surface area contributed by atoms with E-state index in [1.807, 2.05) is 0 Å². The molecule has 0 amide bonds. The molecule has 0 aliphatic carbocycles. The summed E-state index contributed by atoms with van der Waals surface area (Å²) in [6.07, 6.45) is -11.3. The van der Waals surface area contributed by atoms with Gasteiger partial charge in [-0.15, -0.1) is 0 Å². The van der Waals surface area contributed by atoms with Crippen LogP contribution in [0.3, 0.4) is 0 Å². The lowest BCUT2D eigenvalue weighted by Gasteiger charge is -2.38. The maximum Gasteiger partial charge on any atom is 0.411 e. The topological polar surface area (TPSA) is 0 Å². The van der Waals surface area contributed by atoms with Gasteiger partial charge in [0, 0.05) is 0 Å². The van der Waals surface area contributed by atoms with Crippen LogP contribution in [0.15, 0.2) is 48.5 Å². The summed E-state index contributed by atoms with van der Waals surface area (Å²) >= 11 is 0. The lowest BCUT2D eigenvalue weighted by molar-refractivity contribution is -0.288. The van der Waals surface area contributed by atoms with Gasteiger partial charge in [0.05, 0.1) is 0 Å². The fraction of sp³-hybridized carbons (Fsp3) is 0.250. The number of benzene rings is 2. The molecule has 2 aromatic rings. The molecule has 0 aliphatic rings. The van der Waals surface area contributed by atoms with Crippen LogP contribution in [0.25, 0.3) is 0 Å². The summed E-state index contributed by atoms with van der Waals surface area (Å²) in [5.74, 6) is -0.920. The molecule has 0 saturated carbocycles. The van der Waals surface area contributed by atoms with Crippen molar-refractivity contribution in [2.24, 2.45) is 0 Å². The van der Waals surface area contributed by atoms with Crippen LogP contribution >= 0.6 is 0 Å². The minimum Gasteiger partial charge on any atom is -0.207 e. The van der Waals surface area contributed by atoms with Gasteiger partial charge < -0.3 is 0 Å². The van der Waals surface area contributed by atoms with Gasteiger partial charge in [-0.3, -0.25) is 0 Å². The first kappa shape index (κ1) is 17.3. The minimum atomic E-state index is -5.65. The van der Waals surface area contributed by atoms with Crippen LogP contribution in [0.5, 0.6) is 0 Å². The van der Waals surface area contributed by atoms with Crippen LogP contribution in [-0.2, 0) is 5.41 Å². The fourth-order valence-electron chi connectivity index (χ4n) is 2.49. The number of aryl methyl sites for hydroxylation is 1. The van der Waals surface area contributed by atoms with Crippen molar-refractivity contribution in [3.05, 3.63) is 71.0 Å². The Morgan fingerprint density at radius 3 is 1.30 bits per heavy atom. The summed E-state index contributed by atoms with van der Waals surface area (Å²) in [4.78, 5) is 0. The standard InChI is InChI=1S/C16H11F7/c1-10-2-4-11(5-3-10)14(15(18,19)20,16(21,22)23)12-6-8-13(17)9-7-12/h2-9H,1H3. The third-order valence-electron chi connectivity index (χ3n) is 3.61. The molecule has 7 heteroatoms. The minimum absolute atomic E-state index is 0.510. The van der Waals surface area contributed by atoms with Crippen molar-refractivity contribution in [1.29, 1.82) is 0 Å². The maximum atomic E-state index is 13.6. The SMILES string of the molecule is Cc1ccc(C(c2ccc(F)cc2)(C(F)(F)F)C(F)(F)F)cc1. The number of hydrogen-bond acceptors (Lipinski definition) is 0. The maximum absolute atomic E-state index is 13.6. The van der Waals surface area contributed by atoms with E-state index in [0.29, 0.717) is 29.8 Å². The second kappa shape index (κ2) is 5.54. The Bertz CT molecular complexity index is 602. The van der Waals surface area contributed by atoms with Gasteiger partial charge in [-0.2, -0.15) is 26.3 Å². The average molecular weight is 336 g/mol. The smallest absolute Gasteiger partial charge is 0.207 e. The quantitative estimate of drug-likeness (QED) is 0.631. The Balaban J connectivity index is 2.86. The van der Waals surface area contributed by atoms with Gasteiger partial charge in [0.25, 0.3) is 0 Å². The van der Waals surface area contributed by atoms with Crippen LogP contribution in [0, 0.1) is 12.7 Å². The third-order valence-corrected chi connectivity index (χ3v) is 3.61. The molecule has 0 aliphatic heterocycles. The first-order valence-corrected chi connectivity index (χ1v) is 6.47. The highest BCUT2D eigenvalue weighted by Gasteiger charge is 2.72. The van der Waals surface area contributed by atoms with Crippen molar-refractivity contribution in [1.82, 2.24) is 0 Å². The van der Waals surface area contributed by atoms with Crippen molar-refractivity contribution < 1.29 is 30.7 Å². The molecular weight excluding hydrogens is 325 g/mol. The molecule has 23 heavy (non-hydrogen) atoms. The Morgan fingerprint density at radius 1 is 0.609 bits per heavy atom. The van der Waals surface area contributed by atoms with E-state index in [2.05, 4.69) is 0 Å². The van der Waals surface area contributed by atoms with Crippen molar-refractivity contribution in [2.75, 3.05) is 0 Å². The fourth-order valence-corrected chi connectivity index (χ4v) is 2.49. The first-order valence-electron chi connectivity index (χ1n) is 6.47. The van der Waals surface area contributed by atoms with E-state index >= 15 is 0 Å². The molecule has 0 unspecified atom stereocenters. The summed E-state index contributed by atoms with van der Waals surface area (Å²) in [5, 5.41) is 0. The summed E-state index contributed by atoms with van der Waals surface area (Å²) in [5.41, 5.74) is -5.75. The molecule has 124 valence electrons. The zero-order valence-electron chi connectivity index (χ0n) is 11.8. The zero-order valence-corrected chi connectivity index (χ0v) is 11.8. The van der Waals surface area contributed by atoms with Crippen molar-refractivity contribution in [3.8, 4) is 0 Å². The second-order valence-electron chi connectivity index (χ2n) is 5.12. The van der Waals surface area contributed by atoms with E-state index in [1.54, 1.807) is 6.92 Å². The Morgan fingerprint density at radius 2 is 0.957 bits per heavy atom. The van der Waals surface area contributed by atoms with E-state index < -0.39 is 34.7 Å². The monoisotopic (exact) mass is 336 g/mol. The van der Waals surface area contributed by atoms with Gasteiger partial charge in [0.1, 0.15) is 5.82 Å². The summed E-state index contributed by atoms with van der Waals surface area (Å²) in [6, 6.07) is 6.10. The molecule has 0 heterocycles. The molecule has 0 bridgehead atoms. The Labute approximate surface area is 127 Å². The van der Waals surface area contributed by atoms with Crippen LogP contribution in [0.1, 0.15) is 16.7 Å². The number of rotatable bonds is 2. The highest BCUT2D eigenvalue weighted by atomic mass is 19.4. The molecule has 2 aromatic carbocycles. The van der Waals surface area contributed by atoms with E-state index in [0.717, 1.165) is 12.1 Å². The lowest BCUT2D eigenvalue weighted by atomic mass is 9.73. The molecule has 0 radical (unpaired) electrons. The molecule has 0 fully saturated rings. The summed E-state index contributed by atoms with van der Waals surface area (Å²) in [7, 11) is 0. The number of alkyl halides is 6. The predicted octanol–water partition coefficient (Wildman–Crippen LogP) is 5.54. The zero-order chi connectivity index (χ0) is 17.5. The van der Waals surface area contributed by atoms with E-state index in [4.69, 9.17) is 0 Å². The molecule has 0 N–H and O–H groups in total. The first-order chi connectivity index (χ1) is 10.5. The largest absolute Gasteiger partial charge is 0.411 e. The third kappa shape index (κ3) is 2.80. The van der Waals surface area contributed by atoms with Crippen LogP contribution in [0.4, 0.5) is 30.7 Å². The van der Waals surface area contributed by atoms with Gasteiger partial charge in [0.2, 0.25) is 5.41 Å². The van der Waals surface area contributed by atoms with Gasteiger partial charge in [-0.05, 0) is 30.2 Å². The van der Waals surface area contributed by atoms with Gasteiger partial charge in [-0.25, -0.2) is 4.39 Å². The number of halogens is 7. The molecule has 0 aromatic heterocycles. The van der Waals surface area contributed by atoms with Crippen molar-refractivity contribution in [2.45, 2.75) is 24.7 Å². The molecular formula is C16H11F7. The predicted molar refractivity (Wildman–Crippen MR) is 70.5 cm³/mol. The molecule has 0 saturated heterocycles. The van der Waals surface area contributed by atoms with E-state index in [9.17, 15) is 30.7 Å². The van der Waals surface area contributed by atoms with Crippen molar-refractivity contribution in [3.63, 3.8) is 0 Å². The van der Waals surface area contributed by atoms with Crippen LogP contribution in [-0.4, -0.2) is 12.4 Å². The normalized spacial score (nSPS) is 13.2. The molecule has 0 atom stereocenters. The Hall–Kier alpha value is -2.05. The molecule has 0 spiro atoms. The summed E-state index contributed by atoms with van der Waals surface area (Å²) in [6.45, 7) is 1.55. The summed E-state index contributed by atoms with van der Waals surface area (Å²) < 4.78 is 94.7. The van der Waals surface area contributed by atoms with E-state index in [-0.39, 0.29) is 0 Å². The second-order valence-corrected chi connectivity index (χ2v) is 5.12. The van der Waals surface area contributed by atoms with Crippen LogP contribution < -0.4 is 0 Å². The van der Waals surface area contributed by atoms with Gasteiger partial charge in [0.15, 0.2) is 0 Å². The molecule has 0 nitrogen and oxygen atoms in total. The highest BCUT2D eigenvalue weighted by molar-refractivity contribution is 5.44. The van der Waals surface area contributed by atoms with Gasteiger partial charge >= 0.3 is 12.4 Å². The van der Waals surface area contributed by atoms with E-state index in [1.165, 1.54) is 12.1 Å². The number of hydrogen-bond donors (Lipinski definition) is 0. The van der Waals surface area contributed by atoms with Gasteiger partial charge in [-0.1, -0.05) is 42.0 Å². The molecule has 2 rings (SSSR count). The average Bonchev–Trinajstić information content (AvgIpc) is 2.40. The Kier molecular flexibility index (Phi) is 4.17.